The van der Waals surface area contributed by atoms with E-state index in [0.717, 1.165) is 17.9 Å². The lowest BCUT2D eigenvalue weighted by atomic mass is 9.88. The zero-order valence-corrected chi connectivity index (χ0v) is 10.2. The van der Waals surface area contributed by atoms with Crippen molar-refractivity contribution in [2.45, 2.75) is 52.5 Å². The minimum absolute atomic E-state index is 0.250. The summed E-state index contributed by atoms with van der Waals surface area (Å²) in [7, 11) is 2.10. The van der Waals surface area contributed by atoms with E-state index in [1.165, 1.54) is 25.7 Å². The Labute approximate surface area is 89.1 Å². The second-order valence-corrected chi connectivity index (χ2v) is 4.19. The molecule has 0 aliphatic heterocycles. The Hall–Kier alpha value is -0.0800. The van der Waals surface area contributed by atoms with Gasteiger partial charge in [0, 0.05) is 12.6 Å². The molecule has 0 heterocycles. The van der Waals surface area contributed by atoms with Crippen LogP contribution in [0.25, 0.3) is 0 Å². The van der Waals surface area contributed by atoms with Gasteiger partial charge in [-0.1, -0.05) is 26.7 Å². The molecule has 0 spiro atoms. The number of rotatable bonds is 3. The zero-order valence-electron chi connectivity index (χ0n) is 10.2. The van der Waals surface area contributed by atoms with Crippen LogP contribution in [0, 0.1) is 11.8 Å². The largest absolute Gasteiger partial charge is 0.397 e. The molecule has 1 rings (SSSR count). The van der Waals surface area contributed by atoms with Crippen molar-refractivity contribution in [3.63, 3.8) is 0 Å². The van der Waals surface area contributed by atoms with Crippen molar-refractivity contribution in [2.24, 2.45) is 11.8 Å². The first kappa shape index (κ1) is 13.9. The summed E-state index contributed by atoms with van der Waals surface area (Å²) in [4.78, 5) is 0. The Balaban J connectivity index is 0.000000500. The van der Waals surface area contributed by atoms with Gasteiger partial charge in [-0.15, -0.1) is 0 Å². The molecule has 3 atom stereocenters. The fraction of sp³-hybridized carbons (Fsp3) is 1.00. The molecule has 0 aromatic heterocycles. The van der Waals surface area contributed by atoms with Crippen LogP contribution < -0.4 is 5.32 Å². The van der Waals surface area contributed by atoms with E-state index in [2.05, 4.69) is 26.2 Å². The van der Waals surface area contributed by atoms with Crippen molar-refractivity contribution in [3.8, 4) is 0 Å². The summed E-state index contributed by atoms with van der Waals surface area (Å²) in [5.74, 6) is 1.86. The second kappa shape index (κ2) is 8.25. The summed E-state index contributed by atoms with van der Waals surface area (Å²) in [6, 6.07) is 0.810. The van der Waals surface area contributed by atoms with Gasteiger partial charge in [0.25, 0.3) is 0 Å². The lowest BCUT2D eigenvalue weighted by Gasteiger charge is -2.24. The Morgan fingerprint density at radius 1 is 1.36 bits per heavy atom. The lowest BCUT2D eigenvalue weighted by Crippen LogP contribution is -2.32. The molecule has 1 aliphatic carbocycles. The maximum Gasteiger partial charge on any atom is 0.0402 e. The highest BCUT2D eigenvalue weighted by molar-refractivity contribution is 4.84. The van der Waals surface area contributed by atoms with Gasteiger partial charge < -0.3 is 10.4 Å². The summed E-state index contributed by atoms with van der Waals surface area (Å²) in [6.07, 6.45) is 5.61. The molecule has 1 fully saturated rings. The average Bonchev–Trinajstić information content (AvgIpc) is 2.65. The normalized spacial score (nSPS) is 28.1. The highest BCUT2D eigenvalue weighted by Crippen LogP contribution is 2.32. The van der Waals surface area contributed by atoms with E-state index in [-0.39, 0.29) is 6.61 Å². The number of hydrogen-bond acceptors (Lipinski definition) is 2. The molecule has 2 N–H and O–H groups in total. The molecule has 0 aromatic rings. The predicted molar refractivity (Wildman–Crippen MR) is 62.4 cm³/mol. The molecule has 86 valence electrons. The first-order valence-electron chi connectivity index (χ1n) is 5.99. The molecule has 2 nitrogen and oxygen atoms in total. The van der Waals surface area contributed by atoms with Crippen LogP contribution in [0.3, 0.4) is 0 Å². The van der Waals surface area contributed by atoms with Gasteiger partial charge >= 0.3 is 0 Å². The Morgan fingerprint density at radius 3 is 2.36 bits per heavy atom. The van der Waals surface area contributed by atoms with Gasteiger partial charge in [-0.3, -0.25) is 0 Å². The Morgan fingerprint density at radius 2 is 1.93 bits per heavy atom. The van der Waals surface area contributed by atoms with E-state index in [1.54, 1.807) is 6.92 Å². The quantitative estimate of drug-likeness (QED) is 0.735. The standard InChI is InChI=1S/C10H21N.C2H6O/c1-4-8(2)9-6-5-7-10(9)11-3;1-2-3/h8-11H,4-7H2,1-3H3;3H,2H2,1H3. The average molecular weight is 201 g/mol. The summed E-state index contributed by atoms with van der Waals surface area (Å²) in [5.41, 5.74) is 0. The van der Waals surface area contributed by atoms with Crippen LogP contribution in [0.1, 0.15) is 46.5 Å². The maximum absolute atomic E-state index is 7.57. The highest BCUT2D eigenvalue weighted by atomic mass is 16.2. The minimum Gasteiger partial charge on any atom is -0.397 e. The predicted octanol–water partition coefficient (Wildman–Crippen LogP) is 2.42. The van der Waals surface area contributed by atoms with Crippen LogP contribution in [0.2, 0.25) is 0 Å². The van der Waals surface area contributed by atoms with E-state index in [1.807, 2.05) is 0 Å². The smallest absolute Gasteiger partial charge is 0.0402 e. The van der Waals surface area contributed by atoms with Gasteiger partial charge in [0.05, 0.1) is 0 Å². The van der Waals surface area contributed by atoms with Crippen molar-refractivity contribution >= 4 is 0 Å². The molecule has 3 unspecified atom stereocenters. The Bertz CT molecular complexity index is 127. The van der Waals surface area contributed by atoms with E-state index < -0.39 is 0 Å². The van der Waals surface area contributed by atoms with Gasteiger partial charge in [0.2, 0.25) is 0 Å². The fourth-order valence-corrected chi connectivity index (χ4v) is 2.33. The van der Waals surface area contributed by atoms with Crippen molar-refractivity contribution in [3.05, 3.63) is 0 Å². The van der Waals surface area contributed by atoms with Gasteiger partial charge in [-0.05, 0) is 38.6 Å². The fourth-order valence-electron chi connectivity index (χ4n) is 2.33. The maximum atomic E-state index is 7.57. The van der Waals surface area contributed by atoms with Gasteiger partial charge in [-0.25, -0.2) is 0 Å². The van der Waals surface area contributed by atoms with E-state index in [0.29, 0.717) is 0 Å². The SMILES string of the molecule is CCC(C)C1CCCC1NC.CCO. The molecule has 0 amide bonds. The third-order valence-corrected chi connectivity index (χ3v) is 3.32. The molecule has 0 radical (unpaired) electrons. The number of aliphatic hydroxyl groups is 1. The van der Waals surface area contributed by atoms with E-state index in [4.69, 9.17) is 5.11 Å². The molecule has 0 bridgehead atoms. The number of hydrogen-bond donors (Lipinski definition) is 2. The van der Waals surface area contributed by atoms with E-state index in [9.17, 15) is 0 Å². The van der Waals surface area contributed by atoms with Crippen LogP contribution in [-0.4, -0.2) is 24.8 Å². The van der Waals surface area contributed by atoms with Crippen LogP contribution in [-0.2, 0) is 0 Å². The molecule has 0 saturated heterocycles. The third kappa shape index (κ3) is 4.43. The Kier molecular flexibility index (Phi) is 8.20. The first-order valence-corrected chi connectivity index (χ1v) is 5.99. The summed E-state index contributed by atoms with van der Waals surface area (Å²) in [6.45, 7) is 6.62. The van der Waals surface area contributed by atoms with Crippen LogP contribution >= 0.6 is 0 Å². The molecule has 1 saturated carbocycles. The minimum atomic E-state index is 0.250. The van der Waals surface area contributed by atoms with Crippen molar-refractivity contribution in [2.75, 3.05) is 13.7 Å². The molecule has 2 heteroatoms. The summed E-state index contributed by atoms with van der Waals surface area (Å²) < 4.78 is 0. The number of nitrogens with one attached hydrogen (secondary N) is 1. The number of aliphatic hydroxyl groups excluding tert-OH is 1. The first-order chi connectivity index (χ1) is 6.71. The summed E-state index contributed by atoms with van der Waals surface area (Å²) in [5, 5.41) is 11.0. The van der Waals surface area contributed by atoms with Crippen LogP contribution in [0.4, 0.5) is 0 Å². The van der Waals surface area contributed by atoms with Crippen molar-refractivity contribution < 1.29 is 5.11 Å². The van der Waals surface area contributed by atoms with Gasteiger partial charge in [0.15, 0.2) is 0 Å². The van der Waals surface area contributed by atoms with Crippen LogP contribution in [0.15, 0.2) is 0 Å². The highest BCUT2D eigenvalue weighted by Gasteiger charge is 2.28. The molecule has 1 aliphatic rings. The zero-order chi connectivity index (χ0) is 11.0. The molecule has 14 heavy (non-hydrogen) atoms. The molecular weight excluding hydrogens is 174 g/mol. The van der Waals surface area contributed by atoms with Crippen molar-refractivity contribution in [1.29, 1.82) is 0 Å². The van der Waals surface area contributed by atoms with Crippen LogP contribution in [0.5, 0.6) is 0 Å². The van der Waals surface area contributed by atoms with Gasteiger partial charge in [0.1, 0.15) is 0 Å². The third-order valence-electron chi connectivity index (χ3n) is 3.32. The second-order valence-electron chi connectivity index (χ2n) is 4.19. The monoisotopic (exact) mass is 201 g/mol. The summed E-state index contributed by atoms with van der Waals surface area (Å²) >= 11 is 0. The molecule has 0 aromatic carbocycles. The van der Waals surface area contributed by atoms with E-state index >= 15 is 0 Å². The lowest BCUT2D eigenvalue weighted by molar-refractivity contribution is 0.300. The molecular formula is C12H27NO. The topological polar surface area (TPSA) is 32.3 Å². The van der Waals surface area contributed by atoms with Gasteiger partial charge in [-0.2, -0.15) is 0 Å². The van der Waals surface area contributed by atoms with Crippen molar-refractivity contribution in [1.82, 2.24) is 5.32 Å².